The van der Waals surface area contributed by atoms with Crippen LogP contribution < -0.4 is 10.9 Å². The monoisotopic (exact) mass is 274 g/mol. The lowest BCUT2D eigenvalue weighted by Crippen LogP contribution is -2.36. The number of ether oxygens (including phenoxy) is 1. The van der Waals surface area contributed by atoms with Crippen molar-refractivity contribution in [3.63, 3.8) is 0 Å². The molecule has 2 fully saturated rings. The zero-order valence-corrected chi connectivity index (χ0v) is 12.2. The molecule has 4 nitrogen and oxygen atoms in total. The number of nitrogens with one attached hydrogen (secondary N) is 2. The van der Waals surface area contributed by atoms with E-state index in [9.17, 15) is 4.79 Å². The highest BCUT2D eigenvalue weighted by Crippen LogP contribution is 2.41. The average molecular weight is 274 g/mol. The number of hydrogen-bond acceptors (Lipinski definition) is 3. The zero-order valence-electron chi connectivity index (χ0n) is 12.2. The molecule has 0 spiro atoms. The summed E-state index contributed by atoms with van der Waals surface area (Å²) in [4.78, 5) is 15.7. The highest BCUT2D eigenvalue weighted by molar-refractivity contribution is 5.43. The first kappa shape index (κ1) is 12.6. The number of aromatic nitrogens is 1. The molecule has 1 aliphatic carbocycles. The van der Waals surface area contributed by atoms with Crippen molar-refractivity contribution in [3.8, 4) is 0 Å². The van der Waals surface area contributed by atoms with Gasteiger partial charge in [0.25, 0.3) is 5.56 Å². The summed E-state index contributed by atoms with van der Waals surface area (Å²) in [5.74, 6) is 0.544. The standard InChI is InChI=1S/C16H22N2O2/c1-16(2)6-10-11(8-20-16)14(9-4-3-5-9)18-15(19)13(10)12-7-17-12/h9,12,17H,3-8H2,1-2H3,(H,18,19). The number of H-pyrrole nitrogens is 1. The van der Waals surface area contributed by atoms with Crippen LogP contribution in [0.25, 0.3) is 0 Å². The van der Waals surface area contributed by atoms with Crippen LogP contribution in [0.3, 0.4) is 0 Å². The summed E-state index contributed by atoms with van der Waals surface area (Å²) in [5.41, 5.74) is 4.63. The van der Waals surface area contributed by atoms with Crippen LogP contribution in [0.5, 0.6) is 0 Å². The van der Waals surface area contributed by atoms with Crippen molar-refractivity contribution in [2.45, 2.75) is 63.7 Å². The van der Waals surface area contributed by atoms with Gasteiger partial charge in [-0.05, 0) is 38.2 Å². The zero-order chi connectivity index (χ0) is 13.9. The van der Waals surface area contributed by atoms with Gasteiger partial charge in [-0.1, -0.05) is 6.42 Å². The fraction of sp³-hybridized carbons (Fsp3) is 0.688. The smallest absolute Gasteiger partial charge is 0.253 e. The van der Waals surface area contributed by atoms with Crippen LogP contribution in [-0.4, -0.2) is 17.1 Å². The van der Waals surface area contributed by atoms with Crippen LogP contribution in [0, 0.1) is 0 Å². The third-order valence-corrected chi connectivity index (χ3v) is 4.99. The van der Waals surface area contributed by atoms with E-state index in [4.69, 9.17) is 4.74 Å². The van der Waals surface area contributed by atoms with E-state index in [1.165, 1.54) is 30.4 Å². The van der Waals surface area contributed by atoms with Crippen LogP contribution in [0.4, 0.5) is 0 Å². The van der Waals surface area contributed by atoms with Crippen molar-refractivity contribution in [1.29, 1.82) is 0 Å². The van der Waals surface area contributed by atoms with Crippen molar-refractivity contribution in [2.75, 3.05) is 6.54 Å². The second-order valence-electron chi connectivity index (χ2n) is 7.05. The van der Waals surface area contributed by atoms with Crippen molar-refractivity contribution >= 4 is 0 Å². The summed E-state index contributed by atoms with van der Waals surface area (Å²) in [6, 6.07) is 0.261. The molecule has 20 heavy (non-hydrogen) atoms. The molecule has 0 bridgehead atoms. The Labute approximate surface area is 118 Å². The topological polar surface area (TPSA) is 64.0 Å². The molecule has 4 heteroatoms. The predicted molar refractivity (Wildman–Crippen MR) is 77.0 cm³/mol. The molecule has 1 saturated carbocycles. The van der Waals surface area contributed by atoms with Crippen LogP contribution in [-0.2, 0) is 17.8 Å². The Kier molecular flexibility index (Phi) is 2.63. The molecule has 2 N–H and O–H groups in total. The van der Waals surface area contributed by atoms with Crippen LogP contribution in [0.15, 0.2) is 4.79 Å². The SMILES string of the molecule is CC1(C)Cc2c(c(C3CCC3)[nH]c(=O)c2C2CN2)CO1. The van der Waals surface area contributed by atoms with Crippen LogP contribution in [0.1, 0.15) is 67.5 Å². The van der Waals surface area contributed by atoms with E-state index in [1.54, 1.807) is 0 Å². The van der Waals surface area contributed by atoms with Gasteiger partial charge in [0.15, 0.2) is 0 Å². The minimum atomic E-state index is -0.165. The van der Waals surface area contributed by atoms with E-state index >= 15 is 0 Å². The third-order valence-electron chi connectivity index (χ3n) is 4.99. The van der Waals surface area contributed by atoms with Crippen molar-refractivity contribution in [1.82, 2.24) is 10.3 Å². The van der Waals surface area contributed by atoms with Gasteiger partial charge < -0.3 is 15.0 Å². The lowest BCUT2D eigenvalue weighted by atomic mass is 9.78. The summed E-state index contributed by atoms with van der Waals surface area (Å²) in [6.07, 6.45) is 4.53. The molecule has 0 amide bonds. The molecule has 1 atom stereocenters. The van der Waals surface area contributed by atoms with E-state index < -0.39 is 0 Å². The molecule has 108 valence electrons. The molecule has 1 unspecified atom stereocenters. The van der Waals surface area contributed by atoms with Gasteiger partial charge in [-0.15, -0.1) is 0 Å². The fourth-order valence-electron chi connectivity index (χ4n) is 3.52. The summed E-state index contributed by atoms with van der Waals surface area (Å²) >= 11 is 0. The first-order chi connectivity index (χ1) is 9.55. The quantitative estimate of drug-likeness (QED) is 0.812. The van der Waals surface area contributed by atoms with Gasteiger partial charge in [0.2, 0.25) is 0 Å². The van der Waals surface area contributed by atoms with Crippen LogP contribution in [0.2, 0.25) is 0 Å². The Balaban J connectivity index is 1.88. The van der Waals surface area contributed by atoms with Crippen molar-refractivity contribution in [3.05, 3.63) is 32.7 Å². The summed E-state index contributed by atoms with van der Waals surface area (Å²) in [6.45, 7) is 5.80. The molecule has 0 radical (unpaired) electrons. The molecule has 0 aromatic carbocycles. The van der Waals surface area contributed by atoms with E-state index in [1.807, 2.05) is 0 Å². The van der Waals surface area contributed by atoms with E-state index in [0.717, 1.165) is 24.2 Å². The molecule has 1 aromatic heterocycles. The maximum absolute atomic E-state index is 12.5. The van der Waals surface area contributed by atoms with Gasteiger partial charge in [-0.25, -0.2) is 0 Å². The van der Waals surface area contributed by atoms with Gasteiger partial charge >= 0.3 is 0 Å². The van der Waals surface area contributed by atoms with E-state index in [2.05, 4.69) is 24.1 Å². The second kappa shape index (κ2) is 4.18. The summed E-state index contributed by atoms with van der Waals surface area (Å²) in [7, 11) is 0. The average Bonchev–Trinajstić information content (AvgIpc) is 3.09. The molecule has 3 aliphatic rings. The normalized spacial score (nSPS) is 27.8. The maximum Gasteiger partial charge on any atom is 0.253 e. The maximum atomic E-state index is 12.5. The molecule has 2 aliphatic heterocycles. The Morgan fingerprint density at radius 3 is 2.60 bits per heavy atom. The minimum absolute atomic E-state index is 0.123. The van der Waals surface area contributed by atoms with Gasteiger partial charge in [0.05, 0.1) is 18.2 Å². The van der Waals surface area contributed by atoms with Crippen molar-refractivity contribution < 1.29 is 4.74 Å². The van der Waals surface area contributed by atoms with Crippen LogP contribution >= 0.6 is 0 Å². The predicted octanol–water partition coefficient (Wildman–Crippen LogP) is 2.14. The third kappa shape index (κ3) is 1.93. The lowest BCUT2D eigenvalue weighted by molar-refractivity contribution is -0.0412. The number of rotatable bonds is 2. The number of aromatic amines is 1. The molecular weight excluding hydrogens is 252 g/mol. The Morgan fingerprint density at radius 2 is 2.00 bits per heavy atom. The van der Waals surface area contributed by atoms with Gasteiger partial charge in [0, 0.05) is 29.8 Å². The highest BCUT2D eigenvalue weighted by atomic mass is 16.5. The Bertz CT molecular complexity index is 610. The Morgan fingerprint density at radius 1 is 1.25 bits per heavy atom. The lowest BCUT2D eigenvalue weighted by Gasteiger charge is -2.36. The molecule has 1 saturated heterocycles. The first-order valence-corrected chi connectivity index (χ1v) is 7.70. The van der Waals surface area contributed by atoms with E-state index in [-0.39, 0.29) is 17.2 Å². The number of hydrogen-bond donors (Lipinski definition) is 2. The highest BCUT2D eigenvalue weighted by Gasteiger charge is 2.37. The summed E-state index contributed by atoms with van der Waals surface area (Å²) < 4.78 is 6.00. The van der Waals surface area contributed by atoms with Gasteiger partial charge in [0.1, 0.15) is 0 Å². The largest absolute Gasteiger partial charge is 0.370 e. The fourth-order valence-corrected chi connectivity index (χ4v) is 3.52. The summed E-state index contributed by atoms with van der Waals surface area (Å²) in [5, 5.41) is 3.28. The molecule has 4 rings (SSSR count). The molecule has 1 aromatic rings. The number of pyridine rings is 1. The molecule has 3 heterocycles. The van der Waals surface area contributed by atoms with E-state index in [0.29, 0.717) is 12.5 Å². The Hall–Kier alpha value is -1.13. The van der Waals surface area contributed by atoms with Gasteiger partial charge in [-0.2, -0.15) is 0 Å². The number of fused-ring (bicyclic) bond motifs is 1. The minimum Gasteiger partial charge on any atom is -0.370 e. The van der Waals surface area contributed by atoms with Gasteiger partial charge in [-0.3, -0.25) is 4.79 Å². The molecular formula is C16H22N2O2. The van der Waals surface area contributed by atoms with Crippen molar-refractivity contribution in [2.24, 2.45) is 0 Å². The first-order valence-electron chi connectivity index (χ1n) is 7.70. The second-order valence-corrected chi connectivity index (χ2v) is 7.05.